The van der Waals surface area contributed by atoms with E-state index in [-0.39, 0.29) is 0 Å². The summed E-state index contributed by atoms with van der Waals surface area (Å²) < 4.78 is 0.992. The number of nitrogens with zero attached hydrogens (tertiary/aromatic N) is 1. The summed E-state index contributed by atoms with van der Waals surface area (Å²) in [6.07, 6.45) is 2.47. The van der Waals surface area contributed by atoms with E-state index in [9.17, 15) is 0 Å². The largest absolute Gasteiger partial charge is 0.354 e. The van der Waals surface area contributed by atoms with Crippen LogP contribution in [-0.2, 0) is 6.54 Å². The number of nitrogens with one attached hydrogen (secondary N) is 2. The van der Waals surface area contributed by atoms with Crippen LogP contribution in [0.4, 0.5) is 0 Å². The number of benzene rings is 1. The quantitative estimate of drug-likeness (QED) is 0.664. The number of halogens is 2. The van der Waals surface area contributed by atoms with Gasteiger partial charge in [0.05, 0.1) is 0 Å². The van der Waals surface area contributed by atoms with E-state index in [0.29, 0.717) is 12.6 Å². The first kappa shape index (κ1) is 12.7. The number of guanidine groups is 1. The fourth-order valence-electron chi connectivity index (χ4n) is 1.46. The van der Waals surface area contributed by atoms with E-state index in [0.717, 1.165) is 21.0 Å². The highest BCUT2D eigenvalue weighted by molar-refractivity contribution is 9.10. The average Bonchev–Trinajstić information content (AvgIpc) is 3.10. The normalized spacial score (nSPS) is 15.8. The molecule has 0 saturated heterocycles. The zero-order valence-electron chi connectivity index (χ0n) is 9.63. The maximum absolute atomic E-state index is 6.14. The molecule has 1 aromatic carbocycles. The van der Waals surface area contributed by atoms with Crippen LogP contribution in [0, 0.1) is 0 Å². The van der Waals surface area contributed by atoms with Crippen molar-refractivity contribution in [2.75, 3.05) is 7.05 Å². The molecule has 0 heterocycles. The Kier molecular flexibility index (Phi) is 4.29. The highest BCUT2D eigenvalue weighted by Crippen LogP contribution is 2.21. The Hall–Kier alpha value is -0.740. The standard InChI is InChI=1S/C12H15BrClN3/c1-15-12(17-10-4-5-10)16-7-8-2-3-9(13)6-11(8)14/h2-3,6,10H,4-5,7H2,1H3,(H2,15,16,17). The molecule has 5 heteroatoms. The first-order valence-electron chi connectivity index (χ1n) is 5.60. The first-order valence-corrected chi connectivity index (χ1v) is 6.77. The second-order valence-corrected chi connectivity index (χ2v) is 5.40. The molecule has 1 aliphatic carbocycles. The molecule has 2 N–H and O–H groups in total. The van der Waals surface area contributed by atoms with Crippen LogP contribution in [0.3, 0.4) is 0 Å². The summed E-state index contributed by atoms with van der Waals surface area (Å²) in [6, 6.07) is 6.49. The Bertz CT molecular complexity index is 430. The lowest BCUT2D eigenvalue weighted by Crippen LogP contribution is -2.38. The van der Waals surface area contributed by atoms with Crippen LogP contribution in [0.15, 0.2) is 27.7 Å². The van der Waals surface area contributed by atoms with E-state index in [4.69, 9.17) is 11.6 Å². The van der Waals surface area contributed by atoms with Gasteiger partial charge in [0.25, 0.3) is 0 Å². The van der Waals surface area contributed by atoms with E-state index >= 15 is 0 Å². The highest BCUT2D eigenvalue weighted by Gasteiger charge is 2.22. The van der Waals surface area contributed by atoms with E-state index in [2.05, 4.69) is 31.6 Å². The molecular weight excluding hydrogens is 302 g/mol. The van der Waals surface area contributed by atoms with Crippen LogP contribution in [0.1, 0.15) is 18.4 Å². The molecule has 17 heavy (non-hydrogen) atoms. The summed E-state index contributed by atoms with van der Waals surface area (Å²) in [5, 5.41) is 7.34. The van der Waals surface area contributed by atoms with E-state index in [1.54, 1.807) is 7.05 Å². The third-order valence-corrected chi connectivity index (χ3v) is 3.45. The van der Waals surface area contributed by atoms with Crippen LogP contribution in [0.25, 0.3) is 0 Å². The molecular formula is C12H15BrClN3. The van der Waals surface area contributed by atoms with Gasteiger partial charge in [0, 0.05) is 29.1 Å². The molecule has 92 valence electrons. The van der Waals surface area contributed by atoms with Gasteiger partial charge in [-0.3, -0.25) is 4.99 Å². The van der Waals surface area contributed by atoms with Gasteiger partial charge in [-0.1, -0.05) is 33.6 Å². The molecule has 0 radical (unpaired) electrons. The molecule has 1 aromatic rings. The minimum absolute atomic E-state index is 0.599. The molecule has 1 saturated carbocycles. The van der Waals surface area contributed by atoms with Crippen LogP contribution in [0.5, 0.6) is 0 Å². The molecule has 2 rings (SSSR count). The van der Waals surface area contributed by atoms with Gasteiger partial charge >= 0.3 is 0 Å². The lowest BCUT2D eigenvalue weighted by atomic mass is 10.2. The maximum Gasteiger partial charge on any atom is 0.191 e. The van der Waals surface area contributed by atoms with Crippen molar-refractivity contribution in [2.45, 2.75) is 25.4 Å². The van der Waals surface area contributed by atoms with Crippen molar-refractivity contribution in [1.82, 2.24) is 10.6 Å². The molecule has 0 unspecified atom stereocenters. The smallest absolute Gasteiger partial charge is 0.191 e. The summed E-state index contributed by atoms with van der Waals surface area (Å²) in [5.74, 6) is 0.839. The minimum Gasteiger partial charge on any atom is -0.354 e. The molecule has 1 aliphatic rings. The Morgan fingerprint density at radius 3 is 2.88 bits per heavy atom. The topological polar surface area (TPSA) is 36.4 Å². The van der Waals surface area contributed by atoms with Crippen molar-refractivity contribution in [3.63, 3.8) is 0 Å². The summed E-state index contributed by atoms with van der Waals surface area (Å²) in [6.45, 7) is 0.679. The zero-order chi connectivity index (χ0) is 12.3. The zero-order valence-corrected chi connectivity index (χ0v) is 12.0. The summed E-state index contributed by atoms with van der Waals surface area (Å²) >= 11 is 9.53. The Morgan fingerprint density at radius 1 is 1.53 bits per heavy atom. The third-order valence-electron chi connectivity index (χ3n) is 2.60. The van der Waals surface area contributed by atoms with Crippen molar-refractivity contribution in [3.8, 4) is 0 Å². The van der Waals surface area contributed by atoms with Crippen molar-refractivity contribution in [2.24, 2.45) is 4.99 Å². The van der Waals surface area contributed by atoms with Crippen LogP contribution >= 0.6 is 27.5 Å². The summed E-state index contributed by atoms with van der Waals surface area (Å²) in [4.78, 5) is 4.17. The van der Waals surface area contributed by atoms with Gasteiger partial charge in [-0.25, -0.2) is 0 Å². The highest BCUT2D eigenvalue weighted by atomic mass is 79.9. The van der Waals surface area contributed by atoms with Crippen LogP contribution in [0.2, 0.25) is 5.02 Å². The maximum atomic E-state index is 6.14. The molecule has 1 fully saturated rings. The fourth-order valence-corrected chi connectivity index (χ4v) is 2.20. The predicted molar refractivity (Wildman–Crippen MR) is 75.5 cm³/mol. The average molecular weight is 317 g/mol. The lowest BCUT2D eigenvalue weighted by molar-refractivity contribution is 0.805. The van der Waals surface area contributed by atoms with Gasteiger partial charge in [0.1, 0.15) is 0 Å². The second-order valence-electron chi connectivity index (χ2n) is 4.08. The van der Waals surface area contributed by atoms with Gasteiger partial charge < -0.3 is 10.6 Å². The molecule has 0 spiro atoms. The van der Waals surface area contributed by atoms with Gasteiger partial charge in [-0.15, -0.1) is 0 Å². The third kappa shape index (κ3) is 3.89. The minimum atomic E-state index is 0.599. The number of hydrogen-bond acceptors (Lipinski definition) is 1. The fraction of sp³-hybridized carbons (Fsp3) is 0.417. The van der Waals surface area contributed by atoms with E-state index in [1.165, 1.54) is 12.8 Å². The van der Waals surface area contributed by atoms with E-state index in [1.807, 2.05) is 18.2 Å². The number of hydrogen-bond donors (Lipinski definition) is 2. The molecule has 0 aliphatic heterocycles. The van der Waals surface area contributed by atoms with Crippen molar-refractivity contribution < 1.29 is 0 Å². The first-order chi connectivity index (χ1) is 8.19. The Balaban J connectivity index is 1.91. The Morgan fingerprint density at radius 2 is 2.29 bits per heavy atom. The Labute approximate surface area is 115 Å². The van der Waals surface area contributed by atoms with Crippen LogP contribution in [-0.4, -0.2) is 19.0 Å². The molecule has 0 aromatic heterocycles. The van der Waals surface area contributed by atoms with Crippen molar-refractivity contribution in [3.05, 3.63) is 33.3 Å². The monoisotopic (exact) mass is 315 g/mol. The number of rotatable bonds is 3. The summed E-state index contributed by atoms with van der Waals surface area (Å²) in [5.41, 5.74) is 1.06. The van der Waals surface area contributed by atoms with Gasteiger partial charge in [0.2, 0.25) is 0 Å². The molecule has 0 bridgehead atoms. The SMILES string of the molecule is CN=C(NCc1ccc(Br)cc1Cl)NC1CC1. The molecule has 3 nitrogen and oxygen atoms in total. The second kappa shape index (κ2) is 5.74. The van der Waals surface area contributed by atoms with Crippen molar-refractivity contribution >= 4 is 33.5 Å². The van der Waals surface area contributed by atoms with Crippen molar-refractivity contribution in [1.29, 1.82) is 0 Å². The van der Waals surface area contributed by atoms with E-state index < -0.39 is 0 Å². The van der Waals surface area contributed by atoms with Gasteiger partial charge in [-0.05, 0) is 30.5 Å². The molecule has 0 atom stereocenters. The predicted octanol–water partition coefficient (Wildman–Crippen LogP) is 2.93. The lowest BCUT2D eigenvalue weighted by Gasteiger charge is -2.12. The molecule has 0 amide bonds. The summed E-state index contributed by atoms with van der Waals surface area (Å²) in [7, 11) is 1.78. The van der Waals surface area contributed by atoms with Gasteiger partial charge in [-0.2, -0.15) is 0 Å². The van der Waals surface area contributed by atoms with Crippen LogP contribution < -0.4 is 10.6 Å². The number of aliphatic imine (C=N–C) groups is 1. The van der Waals surface area contributed by atoms with Gasteiger partial charge in [0.15, 0.2) is 5.96 Å².